The Hall–Kier alpha value is 0.310. The Labute approximate surface area is 109 Å². The molecular formula is C8H9BrINO2S. The smallest absolute Gasteiger partial charge is 0.359 e. The molecule has 1 aromatic rings. The Kier molecular flexibility index (Phi) is 5.32. The number of carbonyl (C=O) groups is 1. The van der Waals surface area contributed by atoms with Gasteiger partial charge in [-0.1, -0.05) is 22.6 Å². The highest BCUT2D eigenvalue weighted by Crippen LogP contribution is 2.26. The summed E-state index contributed by atoms with van der Waals surface area (Å²) in [5.41, 5.74) is 0.400. The van der Waals surface area contributed by atoms with Gasteiger partial charge in [0, 0.05) is 10.8 Å². The van der Waals surface area contributed by atoms with Gasteiger partial charge in [-0.3, -0.25) is 0 Å². The van der Waals surface area contributed by atoms with Gasteiger partial charge in [-0.15, -0.1) is 11.3 Å². The Morgan fingerprint density at radius 1 is 1.71 bits per heavy atom. The molecule has 0 aliphatic heterocycles. The zero-order valence-electron chi connectivity index (χ0n) is 7.55. The van der Waals surface area contributed by atoms with E-state index in [1.54, 1.807) is 6.92 Å². The van der Waals surface area contributed by atoms with Crippen molar-refractivity contribution in [2.75, 3.05) is 11.0 Å². The van der Waals surface area contributed by atoms with Crippen molar-refractivity contribution in [3.63, 3.8) is 0 Å². The van der Waals surface area contributed by atoms with Gasteiger partial charge in [0.25, 0.3) is 0 Å². The molecule has 14 heavy (non-hydrogen) atoms. The predicted molar refractivity (Wildman–Crippen MR) is 68.4 cm³/mol. The molecule has 0 spiro atoms. The van der Waals surface area contributed by atoms with Gasteiger partial charge in [-0.2, -0.15) is 0 Å². The van der Waals surface area contributed by atoms with Crippen LogP contribution in [-0.4, -0.2) is 22.0 Å². The van der Waals surface area contributed by atoms with Crippen molar-refractivity contribution in [3.05, 3.63) is 14.5 Å². The summed E-state index contributed by atoms with van der Waals surface area (Å²) in [7, 11) is 0. The molecule has 1 aromatic heterocycles. The fourth-order valence-electron chi connectivity index (χ4n) is 0.856. The zero-order chi connectivity index (χ0) is 10.6. The number of esters is 1. The molecule has 1 heterocycles. The van der Waals surface area contributed by atoms with E-state index >= 15 is 0 Å². The maximum absolute atomic E-state index is 11.4. The summed E-state index contributed by atoms with van der Waals surface area (Å²) in [6, 6.07) is 0. The third-order valence-corrected chi connectivity index (χ3v) is 3.71. The van der Waals surface area contributed by atoms with Crippen LogP contribution in [0.4, 0.5) is 0 Å². The molecule has 0 N–H and O–H groups in total. The number of thiazole rings is 1. The molecule has 0 aliphatic carbocycles. The number of aryl methyl sites for hydroxylation is 1. The summed E-state index contributed by atoms with van der Waals surface area (Å²) in [6.45, 7) is 2.16. The number of halogens is 2. The van der Waals surface area contributed by atoms with Crippen LogP contribution >= 0.6 is 49.9 Å². The molecular weight excluding hydrogens is 381 g/mol. The molecule has 0 saturated heterocycles. The molecule has 0 aromatic carbocycles. The van der Waals surface area contributed by atoms with Crippen molar-refractivity contribution in [3.8, 4) is 0 Å². The summed E-state index contributed by atoms with van der Waals surface area (Å²) < 4.78 is 6.63. The lowest BCUT2D eigenvalue weighted by Crippen LogP contribution is -2.05. The molecule has 1 rings (SSSR count). The molecule has 0 atom stereocenters. The lowest BCUT2D eigenvalue weighted by molar-refractivity contribution is 0.0519. The molecule has 0 fully saturated rings. The maximum atomic E-state index is 11.4. The number of hydrogen-bond donors (Lipinski definition) is 0. The van der Waals surface area contributed by atoms with E-state index in [4.69, 9.17) is 4.74 Å². The second-order valence-electron chi connectivity index (χ2n) is 2.39. The van der Waals surface area contributed by atoms with E-state index in [0.717, 1.165) is 19.6 Å². The number of nitrogens with zero attached hydrogens (tertiary/aromatic N) is 1. The van der Waals surface area contributed by atoms with Crippen LogP contribution in [-0.2, 0) is 11.2 Å². The molecule has 78 valence electrons. The van der Waals surface area contributed by atoms with Crippen LogP contribution in [0.3, 0.4) is 0 Å². The van der Waals surface area contributed by atoms with Gasteiger partial charge in [0.1, 0.15) is 3.79 Å². The minimum absolute atomic E-state index is 0.352. The van der Waals surface area contributed by atoms with E-state index in [9.17, 15) is 4.79 Å². The Bertz CT molecular complexity index is 329. The van der Waals surface area contributed by atoms with Crippen LogP contribution < -0.4 is 0 Å². The summed E-state index contributed by atoms with van der Waals surface area (Å²) in [4.78, 5) is 15.6. The van der Waals surface area contributed by atoms with Gasteiger partial charge in [-0.25, -0.2) is 9.78 Å². The normalized spacial score (nSPS) is 10.2. The first kappa shape index (κ1) is 12.4. The highest BCUT2D eigenvalue weighted by atomic mass is 127. The largest absolute Gasteiger partial charge is 0.461 e. The van der Waals surface area contributed by atoms with E-state index in [0.29, 0.717) is 12.3 Å². The quantitative estimate of drug-likeness (QED) is 0.451. The first-order valence-corrected chi connectivity index (χ1v) is 7.20. The minimum Gasteiger partial charge on any atom is -0.461 e. The molecule has 6 heteroatoms. The molecule has 3 nitrogen and oxygen atoms in total. The van der Waals surface area contributed by atoms with Crippen molar-refractivity contribution in [2.45, 2.75) is 13.3 Å². The first-order chi connectivity index (χ1) is 6.69. The lowest BCUT2D eigenvalue weighted by atomic mass is 10.5. The monoisotopic (exact) mass is 389 g/mol. The number of alkyl halides is 1. The molecule has 0 saturated carbocycles. The van der Waals surface area contributed by atoms with Crippen molar-refractivity contribution in [2.24, 2.45) is 0 Å². The van der Waals surface area contributed by atoms with Crippen LogP contribution in [0.5, 0.6) is 0 Å². The average molecular weight is 390 g/mol. The number of ether oxygens (including phenoxy) is 1. The zero-order valence-corrected chi connectivity index (χ0v) is 12.1. The fourth-order valence-corrected chi connectivity index (χ4v) is 3.32. The summed E-state index contributed by atoms with van der Waals surface area (Å²) in [5, 5.41) is 0.967. The van der Waals surface area contributed by atoms with E-state index in [1.807, 2.05) is 0 Å². The third kappa shape index (κ3) is 3.16. The third-order valence-electron chi connectivity index (χ3n) is 1.41. The predicted octanol–water partition coefficient (Wildman–Crippen LogP) is 3.06. The van der Waals surface area contributed by atoms with Crippen molar-refractivity contribution < 1.29 is 9.53 Å². The SMILES string of the molecule is CCOC(=O)c1nc(CCI)sc1Br. The molecule has 0 unspecified atom stereocenters. The Balaban J connectivity index is 2.81. The van der Waals surface area contributed by atoms with Gasteiger partial charge < -0.3 is 4.74 Å². The van der Waals surface area contributed by atoms with Crippen LogP contribution in [0.2, 0.25) is 0 Å². The Morgan fingerprint density at radius 2 is 2.43 bits per heavy atom. The highest BCUT2D eigenvalue weighted by Gasteiger charge is 2.16. The van der Waals surface area contributed by atoms with Crippen LogP contribution in [0.1, 0.15) is 22.4 Å². The average Bonchev–Trinajstić information content (AvgIpc) is 2.48. The number of hydrogen-bond acceptors (Lipinski definition) is 4. The van der Waals surface area contributed by atoms with Gasteiger partial charge in [-0.05, 0) is 22.9 Å². The molecule has 0 aliphatic rings. The molecule has 0 amide bonds. The topological polar surface area (TPSA) is 39.2 Å². The van der Waals surface area contributed by atoms with Crippen LogP contribution in [0.15, 0.2) is 3.79 Å². The van der Waals surface area contributed by atoms with Crippen molar-refractivity contribution in [1.29, 1.82) is 0 Å². The van der Waals surface area contributed by atoms with Gasteiger partial charge in [0.05, 0.1) is 11.6 Å². The van der Waals surface area contributed by atoms with Crippen molar-refractivity contribution >= 4 is 55.8 Å². The maximum Gasteiger partial charge on any atom is 0.359 e. The van der Waals surface area contributed by atoms with E-state index in [1.165, 1.54) is 11.3 Å². The Morgan fingerprint density at radius 3 is 3.00 bits per heavy atom. The molecule has 0 radical (unpaired) electrons. The second kappa shape index (κ2) is 6.02. The van der Waals surface area contributed by atoms with Gasteiger partial charge >= 0.3 is 5.97 Å². The van der Waals surface area contributed by atoms with E-state index in [2.05, 4.69) is 43.5 Å². The number of carbonyl (C=O) groups excluding carboxylic acids is 1. The standard InChI is InChI=1S/C8H9BrINO2S/c1-2-13-8(12)6-7(9)14-5(11-6)3-4-10/h2-4H2,1H3. The van der Waals surface area contributed by atoms with Crippen LogP contribution in [0.25, 0.3) is 0 Å². The van der Waals surface area contributed by atoms with Crippen LogP contribution in [0, 0.1) is 0 Å². The highest BCUT2D eigenvalue weighted by molar-refractivity contribution is 14.1. The fraction of sp³-hybridized carbons (Fsp3) is 0.500. The van der Waals surface area contributed by atoms with Gasteiger partial charge in [0.15, 0.2) is 5.69 Å². The van der Waals surface area contributed by atoms with Crippen molar-refractivity contribution in [1.82, 2.24) is 4.98 Å². The van der Waals surface area contributed by atoms with E-state index in [-0.39, 0.29) is 5.97 Å². The summed E-state index contributed by atoms with van der Waals surface area (Å²) in [5.74, 6) is -0.352. The summed E-state index contributed by atoms with van der Waals surface area (Å²) in [6.07, 6.45) is 0.892. The number of rotatable bonds is 4. The lowest BCUT2D eigenvalue weighted by Gasteiger charge is -1.97. The number of aromatic nitrogens is 1. The minimum atomic E-state index is -0.352. The van der Waals surface area contributed by atoms with E-state index < -0.39 is 0 Å². The second-order valence-corrected chi connectivity index (χ2v) is 5.87. The summed E-state index contributed by atoms with van der Waals surface area (Å²) >= 11 is 7.08. The van der Waals surface area contributed by atoms with Gasteiger partial charge in [0.2, 0.25) is 0 Å². The first-order valence-electron chi connectivity index (χ1n) is 4.07. The molecule has 0 bridgehead atoms.